The van der Waals surface area contributed by atoms with E-state index in [4.69, 9.17) is 5.73 Å². The Kier molecular flexibility index (Phi) is 8.93. The first-order valence-electron chi connectivity index (χ1n) is 8.54. The van der Waals surface area contributed by atoms with Crippen LogP contribution in [0.15, 0.2) is 54.6 Å². The quantitative estimate of drug-likeness (QED) is 0.864. The molecule has 0 bridgehead atoms. The molecule has 2 aromatic rings. The van der Waals surface area contributed by atoms with Gasteiger partial charge in [0.05, 0.1) is 6.04 Å². The summed E-state index contributed by atoms with van der Waals surface area (Å²) in [5.41, 5.74) is 9.79. The second kappa shape index (κ2) is 10.4. The van der Waals surface area contributed by atoms with Gasteiger partial charge in [0, 0.05) is 31.9 Å². The fraction of sp³-hybridized carbons (Fsp3) is 0.350. The zero-order valence-electron chi connectivity index (χ0n) is 15.0. The highest BCUT2D eigenvalue weighted by molar-refractivity contribution is 5.85. The summed E-state index contributed by atoms with van der Waals surface area (Å²) >= 11 is 0. The molecule has 1 heterocycles. The molecule has 0 unspecified atom stereocenters. The molecule has 2 aromatic carbocycles. The number of carbonyl (C=O) groups is 1. The Labute approximate surface area is 168 Å². The first-order valence-corrected chi connectivity index (χ1v) is 8.54. The van der Waals surface area contributed by atoms with Crippen molar-refractivity contribution >= 4 is 36.4 Å². The number of piperazine rings is 1. The minimum absolute atomic E-state index is 0. The SMILES string of the molecule is Cc1ccccc1N1CCN(C(=O)[C@@H](N)Cc2ccccc2)CC1.Cl.Cl. The van der Waals surface area contributed by atoms with Gasteiger partial charge in [-0.15, -0.1) is 24.8 Å². The van der Waals surface area contributed by atoms with E-state index in [9.17, 15) is 4.79 Å². The normalized spacial score (nSPS) is 14.8. The minimum Gasteiger partial charge on any atom is -0.368 e. The van der Waals surface area contributed by atoms with E-state index in [1.54, 1.807) is 0 Å². The average Bonchev–Trinajstić information content (AvgIpc) is 2.62. The fourth-order valence-corrected chi connectivity index (χ4v) is 3.28. The summed E-state index contributed by atoms with van der Waals surface area (Å²) in [7, 11) is 0. The molecular formula is C20H27Cl2N3O. The summed E-state index contributed by atoms with van der Waals surface area (Å²) in [4.78, 5) is 16.8. The van der Waals surface area contributed by atoms with Gasteiger partial charge in [-0.25, -0.2) is 0 Å². The second-order valence-electron chi connectivity index (χ2n) is 6.40. The number of para-hydroxylation sites is 1. The van der Waals surface area contributed by atoms with E-state index < -0.39 is 6.04 Å². The molecule has 1 aliphatic rings. The lowest BCUT2D eigenvalue weighted by Crippen LogP contribution is -2.53. The second-order valence-corrected chi connectivity index (χ2v) is 6.40. The summed E-state index contributed by atoms with van der Waals surface area (Å²) in [6.45, 7) is 5.30. The monoisotopic (exact) mass is 395 g/mol. The average molecular weight is 396 g/mol. The Balaban J connectivity index is 0.00000169. The van der Waals surface area contributed by atoms with E-state index in [1.165, 1.54) is 11.3 Å². The number of nitrogens with two attached hydrogens (primary N) is 1. The molecule has 0 saturated carbocycles. The van der Waals surface area contributed by atoms with E-state index in [1.807, 2.05) is 35.2 Å². The molecule has 1 amide bonds. The van der Waals surface area contributed by atoms with Gasteiger partial charge in [-0.2, -0.15) is 0 Å². The van der Waals surface area contributed by atoms with E-state index in [-0.39, 0.29) is 30.7 Å². The number of anilines is 1. The lowest BCUT2D eigenvalue weighted by Gasteiger charge is -2.37. The first kappa shape index (κ1) is 22.3. The number of carbonyl (C=O) groups excluding carboxylic acids is 1. The van der Waals surface area contributed by atoms with Crippen LogP contribution in [-0.2, 0) is 11.2 Å². The molecule has 3 rings (SSSR count). The van der Waals surface area contributed by atoms with Crippen molar-refractivity contribution in [3.8, 4) is 0 Å². The molecule has 0 radical (unpaired) electrons. The molecule has 4 nitrogen and oxygen atoms in total. The van der Waals surface area contributed by atoms with Crippen molar-refractivity contribution in [2.24, 2.45) is 5.73 Å². The maximum absolute atomic E-state index is 12.6. The van der Waals surface area contributed by atoms with Crippen molar-refractivity contribution in [2.45, 2.75) is 19.4 Å². The highest BCUT2D eigenvalue weighted by Gasteiger charge is 2.25. The molecule has 6 heteroatoms. The van der Waals surface area contributed by atoms with Gasteiger partial charge in [-0.05, 0) is 30.5 Å². The smallest absolute Gasteiger partial charge is 0.239 e. The molecule has 0 aromatic heterocycles. The number of halogens is 2. The molecule has 0 aliphatic carbocycles. The van der Waals surface area contributed by atoms with E-state index in [2.05, 4.69) is 36.1 Å². The van der Waals surface area contributed by atoms with E-state index in [0.29, 0.717) is 6.42 Å². The maximum atomic E-state index is 12.6. The number of rotatable bonds is 4. The van der Waals surface area contributed by atoms with Gasteiger partial charge >= 0.3 is 0 Å². The van der Waals surface area contributed by atoms with Gasteiger partial charge in [-0.1, -0.05) is 48.5 Å². The predicted molar refractivity (Wildman–Crippen MR) is 113 cm³/mol. The molecule has 142 valence electrons. The van der Waals surface area contributed by atoms with Crippen LogP contribution in [0.25, 0.3) is 0 Å². The number of hydrogen-bond donors (Lipinski definition) is 1. The van der Waals surface area contributed by atoms with Gasteiger partial charge in [0.15, 0.2) is 0 Å². The molecule has 1 fully saturated rings. The number of nitrogens with zero attached hydrogens (tertiary/aromatic N) is 2. The molecule has 1 aliphatic heterocycles. The topological polar surface area (TPSA) is 49.6 Å². The molecule has 1 saturated heterocycles. The highest BCUT2D eigenvalue weighted by atomic mass is 35.5. The number of hydrogen-bond acceptors (Lipinski definition) is 3. The number of amides is 1. The Morgan fingerprint density at radius 3 is 2.15 bits per heavy atom. The standard InChI is InChI=1S/C20H25N3O.2ClH/c1-16-7-5-6-10-19(16)22-11-13-23(14-12-22)20(24)18(21)15-17-8-3-2-4-9-17;;/h2-10,18H,11-15,21H2,1H3;2*1H/t18-;;/m0../s1. The summed E-state index contributed by atoms with van der Waals surface area (Å²) < 4.78 is 0. The molecule has 0 spiro atoms. The molecule has 2 N–H and O–H groups in total. The van der Waals surface area contributed by atoms with Crippen LogP contribution in [0.4, 0.5) is 5.69 Å². The zero-order valence-corrected chi connectivity index (χ0v) is 16.6. The Hall–Kier alpha value is -1.75. The molecular weight excluding hydrogens is 369 g/mol. The number of benzene rings is 2. The summed E-state index contributed by atoms with van der Waals surface area (Å²) in [5.74, 6) is 0.0586. The highest BCUT2D eigenvalue weighted by Crippen LogP contribution is 2.21. The van der Waals surface area contributed by atoms with Crippen LogP contribution >= 0.6 is 24.8 Å². The van der Waals surface area contributed by atoms with Gasteiger partial charge in [-0.3, -0.25) is 4.79 Å². The fourth-order valence-electron chi connectivity index (χ4n) is 3.28. The largest absolute Gasteiger partial charge is 0.368 e. The van der Waals surface area contributed by atoms with E-state index in [0.717, 1.165) is 31.7 Å². The van der Waals surface area contributed by atoms with Crippen LogP contribution in [0.2, 0.25) is 0 Å². The van der Waals surface area contributed by atoms with Crippen molar-refractivity contribution in [3.63, 3.8) is 0 Å². The Bertz CT molecular complexity index is 688. The summed E-state index contributed by atoms with van der Waals surface area (Å²) in [5, 5.41) is 0. The first-order chi connectivity index (χ1) is 11.6. The third kappa shape index (κ3) is 5.37. The lowest BCUT2D eigenvalue weighted by molar-refractivity contribution is -0.132. The lowest BCUT2D eigenvalue weighted by atomic mass is 10.1. The van der Waals surface area contributed by atoms with Gasteiger partial charge in [0.1, 0.15) is 0 Å². The van der Waals surface area contributed by atoms with E-state index >= 15 is 0 Å². The van der Waals surface area contributed by atoms with Crippen molar-refractivity contribution in [2.75, 3.05) is 31.1 Å². The van der Waals surface area contributed by atoms with Crippen LogP contribution in [0.1, 0.15) is 11.1 Å². The van der Waals surface area contributed by atoms with Crippen molar-refractivity contribution in [1.29, 1.82) is 0 Å². The third-order valence-corrected chi connectivity index (χ3v) is 4.66. The maximum Gasteiger partial charge on any atom is 0.239 e. The summed E-state index contributed by atoms with van der Waals surface area (Å²) in [6, 6.07) is 17.9. The van der Waals surface area contributed by atoms with Gasteiger partial charge < -0.3 is 15.5 Å². The van der Waals surface area contributed by atoms with Gasteiger partial charge in [0.25, 0.3) is 0 Å². The predicted octanol–water partition coefficient (Wildman–Crippen LogP) is 3.06. The van der Waals surface area contributed by atoms with Crippen LogP contribution < -0.4 is 10.6 Å². The third-order valence-electron chi connectivity index (χ3n) is 4.66. The van der Waals surface area contributed by atoms with Crippen LogP contribution in [-0.4, -0.2) is 43.0 Å². The minimum atomic E-state index is -0.461. The van der Waals surface area contributed by atoms with Crippen LogP contribution in [0, 0.1) is 6.92 Å². The van der Waals surface area contributed by atoms with Crippen molar-refractivity contribution in [3.05, 3.63) is 65.7 Å². The van der Waals surface area contributed by atoms with Gasteiger partial charge in [0.2, 0.25) is 5.91 Å². The number of aryl methyl sites for hydroxylation is 1. The van der Waals surface area contributed by atoms with Crippen molar-refractivity contribution in [1.82, 2.24) is 4.90 Å². The van der Waals surface area contributed by atoms with Crippen molar-refractivity contribution < 1.29 is 4.79 Å². The zero-order chi connectivity index (χ0) is 16.9. The molecule has 26 heavy (non-hydrogen) atoms. The van der Waals surface area contributed by atoms with Crippen LogP contribution in [0.3, 0.4) is 0 Å². The molecule has 1 atom stereocenters. The van der Waals surface area contributed by atoms with Crippen LogP contribution in [0.5, 0.6) is 0 Å². The Morgan fingerprint density at radius 1 is 0.962 bits per heavy atom. The summed E-state index contributed by atoms with van der Waals surface area (Å²) in [6.07, 6.45) is 0.595. The Morgan fingerprint density at radius 2 is 1.54 bits per heavy atom.